The predicted molar refractivity (Wildman–Crippen MR) is 65.1 cm³/mol. The van der Waals surface area contributed by atoms with Gasteiger partial charge in [-0.25, -0.2) is 17.6 Å². The molecule has 0 saturated carbocycles. The Morgan fingerprint density at radius 2 is 1.37 bits per heavy atom. The molecule has 0 bridgehead atoms. The summed E-state index contributed by atoms with van der Waals surface area (Å²) in [5.74, 6) is -2.62. The quantitative estimate of drug-likeness (QED) is 0.512. The number of hydrogen-bond acceptors (Lipinski definition) is 1. The Bertz CT molecular complexity index is 623. The van der Waals surface area contributed by atoms with Gasteiger partial charge >= 0.3 is 0 Å². The van der Waals surface area contributed by atoms with E-state index >= 15 is 0 Å². The van der Waals surface area contributed by atoms with Crippen LogP contribution in [0, 0.1) is 34.6 Å². The third kappa shape index (κ3) is 4.72. The average molecular weight is 332 g/mol. The monoisotopic (exact) mass is 331 g/mol. The minimum Gasteiger partial charge on any atom is -0.207 e. The van der Waals surface area contributed by atoms with Crippen molar-refractivity contribution in [1.29, 1.82) is 5.26 Å². The molecule has 0 aliphatic heterocycles. The second kappa shape index (κ2) is 6.90. The van der Waals surface area contributed by atoms with Gasteiger partial charge in [0.1, 0.15) is 29.3 Å². The maximum absolute atomic E-state index is 12.4. The average Bonchev–Trinajstić information content (AvgIpc) is 2.35. The van der Waals surface area contributed by atoms with Crippen molar-refractivity contribution in [1.82, 2.24) is 0 Å². The number of hydrogen-bond donors (Lipinski definition) is 0. The molecule has 0 N–H and O–H groups in total. The fraction of sp³-hybridized carbons (Fsp3) is 0. The SMILES string of the molecule is Fc1ccc(Br)c(F)c1.N#Cc1ccc(F)cc1F. The van der Waals surface area contributed by atoms with Crippen molar-refractivity contribution in [2.75, 3.05) is 0 Å². The molecular weight excluding hydrogens is 326 g/mol. The topological polar surface area (TPSA) is 23.8 Å². The van der Waals surface area contributed by atoms with Gasteiger partial charge in [0.25, 0.3) is 0 Å². The first-order valence-corrected chi connectivity index (χ1v) is 5.69. The molecule has 19 heavy (non-hydrogen) atoms. The molecule has 0 radical (unpaired) electrons. The number of halogens is 5. The van der Waals surface area contributed by atoms with E-state index in [1.807, 2.05) is 0 Å². The van der Waals surface area contributed by atoms with Crippen molar-refractivity contribution >= 4 is 15.9 Å². The molecule has 2 rings (SSSR count). The van der Waals surface area contributed by atoms with Crippen LogP contribution in [0.4, 0.5) is 17.6 Å². The van der Waals surface area contributed by atoms with Crippen LogP contribution in [0.3, 0.4) is 0 Å². The molecule has 0 unspecified atom stereocenters. The highest BCUT2D eigenvalue weighted by molar-refractivity contribution is 9.10. The van der Waals surface area contributed by atoms with E-state index in [0.717, 1.165) is 18.2 Å². The van der Waals surface area contributed by atoms with Gasteiger partial charge in [-0.05, 0) is 40.2 Å². The highest BCUT2D eigenvalue weighted by atomic mass is 79.9. The number of benzene rings is 2. The van der Waals surface area contributed by atoms with Crippen molar-refractivity contribution < 1.29 is 17.6 Å². The summed E-state index contributed by atoms with van der Waals surface area (Å²) in [4.78, 5) is 0. The van der Waals surface area contributed by atoms with E-state index in [9.17, 15) is 17.6 Å². The van der Waals surface area contributed by atoms with E-state index in [2.05, 4.69) is 15.9 Å². The van der Waals surface area contributed by atoms with Crippen LogP contribution >= 0.6 is 15.9 Å². The van der Waals surface area contributed by atoms with Gasteiger partial charge in [0.15, 0.2) is 0 Å². The van der Waals surface area contributed by atoms with Crippen LogP contribution in [0.2, 0.25) is 0 Å². The lowest BCUT2D eigenvalue weighted by Crippen LogP contribution is -1.83. The predicted octanol–water partition coefficient (Wildman–Crippen LogP) is 4.56. The molecule has 0 atom stereocenters. The van der Waals surface area contributed by atoms with Crippen LogP contribution in [-0.4, -0.2) is 0 Å². The highest BCUT2D eigenvalue weighted by Crippen LogP contribution is 2.14. The molecular formula is C13H6BrF4N. The van der Waals surface area contributed by atoms with Crippen LogP contribution in [0.1, 0.15) is 5.56 Å². The largest absolute Gasteiger partial charge is 0.207 e. The summed E-state index contributed by atoms with van der Waals surface area (Å²) < 4.78 is 49.2. The highest BCUT2D eigenvalue weighted by Gasteiger charge is 2.00. The first kappa shape index (κ1) is 15.2. The van der Waals surface area contributed by atoms with E-state index < -0.39 is 23.3 Å². The molecule has 0 spiro atoms. The van der Waals surface area contributed by atoms with Crippen molar-refractivity contribution in [3.63, 3.8) is 0 Å². The molecule has 0 saturated heterocycles. The Labute approximate surface area is 115 Å². The normalized spacial score (nSPS) is 9.26. The number of nitriles is 1. The summed E-state index contributed by atoms with van der Waals surface area (Å²) in [6.07, 6.45) is 0. The van der Waals surface area contributed by atoms with E-state index in [1.54, 1.807) is 6.07 Å². The van der Waals surface area contributed by atoms with Gasteiger partial charge in [0, 0.05) is 12.1 Å². The lowest BCUT2D eigenvalue weighted by Gasteiger charge is -1.90. The Hall–Kier alpha value is -1.87. The summed E-state index contributed by atoms with van der Waals surface area (Å²) in [7, 11) is 0. The third-order valence-corrected chi connectivity index (χ3v) is 2.58. The van der Waals surface area contributed by atoms with Gasteiger partial charge in [0.05, 0.1) is 10.0 Å². The Kier molecular flexibility index (Phi) is 5.52. The maximum atomic E-state index is 12.4. The molecule has 0 aliphatic rings. The van der Waals surface area contributed by atoms with Gasteiger partial charge in [-0.3, -0.25) is 0 Å². The van der Waals surface area contributed by atoms with Gasteiger partial charge in [-0.2, -0.15) is 5.26 Å². The van der Waals surface area contributed by atoms with Crippen LogP contribution in [0.15, 0.2) is 40.9 Å². The first-order chi connectivity index (χ1) is 8.93. The summed E-state index contributed by atoms with van der Waals surface area (Å²) in [6, 6.07) is 7.74. The summed E-state index contributed by atoms with van der Waals surface area (Å²) in [5.41, 5.74) is -0.138. The molecule has 98 valence electrons. The fourth-order valence-corrected chi connectivity index (χ4v) is 1.30. The Balaban J connectivity index is 0.000000191. The van der Waals surface area contributed by atoms with Gasteiger partial charge < -0.3 is 0 Å². The first-order valence-electron chi connectivity index (χ1n) is 4.89. The number of nitrogens with zero attached hydrogens (tertiary/aromatic N) is 1. The zero-order valence-corrected chi connectivity index (χ0v) is 10.9. The lowest BCUT2D eigenvalue weighted by molar-refractivity contribution is 0.578. The molecule has 0 aromatic heterocycles. The van der Waals surface area contributed by atoms with E-state index in [0.29, 0.717) is 6.07 Å². The summed E-state index contributed by atoms with van der Waals surface area (Å²) in [5, 5.41) is 8.20. The second-order valence-electron chi connectivity index (χ2n) is 3.29. The molecule has 2 aromatic carbocycles. The van der Waals surface area contributed by atoms with Gasteiger partial charge in [0.2, 0.25) is 0 Å². The van der Waals surface area contributed by atoms with Crippen LogP contribution in [0.25, 0.3) is 0 Å². The van der Waals surface area contributed by atoms with Crippen LogP contribution < -0.4 is 0 Å². The fourth-order valence-electron chi connectivity index (χ4n) is 1.05. The summed E-state index contributed by atoms with van der Waals surface area (Å²) >= 11 is 2.89. The minimum absolute atomic E-state index is 0.138. The maximum Gasteiger partial charge on any atom is 0.143 e. The Morgan fingerprint density at radius 1 is 0.842 bits per heavy atom. The van der Waals surface area contributed by atoms with E-state index in [-0.39, 0.29) is 10.0 Å². The van der Waals surface area contributed by atoms with Crippen LogP contribution in [-0.2, 0) is 0 Å². The molecule has 6 heteroatoms. The van der Waals surface area contributed by atoms with Crippen molar-refractivity contribution in [3.05, 3.63) is 69.7 Å². The lowest BCUT2D eigenvalue weighted by atomic mass is 10.2. The molecule has 0 heterocycles. The van der Waals surface area contributed by atoms with E-state index in [1.165, 1.54) is 12.1 Å². The molecule has 0 aliphatic carbocycles. The number of rotatable bonds is 0. The third-order valence-electron chi connectivity index (χ3n) is 1.93. The minimum atomic E-state index is -0.817. The zero-order chi connectivity index (χ0) is 14.4. The van der Waals surface area contributed by atoms with Crippen molar-refractivity contribution in [2.45, 2.75) is 0 Å². The molecule has 1 nitrogen and oxygen atoms in total. The van der Waals surface area contributed by atoms with Gasteiger partial charge in [-0.1, -0.05) is 0 Å². The summed E-state index contributed by atoms with van der Waals surface area (Å²) in [6.45, 7) is 0. The molecule has 0 amide bonds. The smallest absolute Gasteiger partial charge is 0.143 e. The van der Waals surface area contributed by atoms with Gasteiger partial charge in [-0.15, -0.1) is 0 Å². The molecule has 2 aromatic rings. The molecule has 0 fully saturated rings. The van der Waals surface area contributed by atoms with Crippen LogP contribution in [0.5, 0.6) is 0 Å². The van der Waals surface area contributed by atoms with Crippen molar-refractivity contribution in [3.8, 4) is 6.07 Å². The standard InChI is InChI=1S/C7H3F2N.C6H3BrF2/c8-6-2-1-5(4-10)7(9)3-6;7-5-2-1-4(8)3-6(5)9/h1-3H;1-3H. The second-order valence-corrected chi connectivity index (χ2v) is 4.15. The van der Waals surface area contributed by atoms with Crippen molar-refractivity contribution in [2.24, 2.45) is 0 Å². The Morgan fingerprint density at radius 3 is 1.79 bits per heavy atom. The zero-order valence-electron chi connectivity index (χ0n) is 9.30. The van der Waals surface area contributed by atoms with E-state index in [4.69, 9.17) is 5.26 Å².